The fraction of sp³-hybridized carbons (Fsp3) is 0.667. The van der Waals surface area contributed by atoms with Crippen LogP contribution in [0.2, 0.25) is 5.02 Å². The maximum Gasteiger partial charge on any atom is 0.522 e. The molecule has 2 bridgehead atoms. The van der Waals surface area contributed by atoms with Crippen molar-refractivity contribution in [2.45, 2.75) is 62.3 Å². The van der Waals surface area contributed by atoms with Gasteiger partial charge in [-0.25, -0.2) is 4.39 Å². The van der Waals surface area contributed by atoms with Crippen LogP contribution < -0.4 is 15.4 Å². The number of benzene rings is 1. The summed E-state index contributed by atoms with van der Waals surface area (Å²) in [5.74, 6) is -0.163. The van der Waals surface area contributed by atoms with E-state index < -0.39 is 18.3 Å². The van der Waals surface area contributed by atoms with Crippen LogP contribution >= 0.6 is 11.6 Å². The molecule has 32 heavy (non-hydrogen) atoms. The minimum Gasteiger partial charge on any atom is -0.484 e. The van der Waals surface area contributed by atoms with E-state index in [1.54, 1.807) is 0 Å². The number of carbonyl (C=O) groups is 1. The molecular weight excluding hydrogens is 456 g/mol. The van der Waals surface area contributed by atoms with Gasteiger partial charge in [-0.15, -0.1) is 13.2 Å². The number of rotatable bonds is 10. The summed E-state index contributed by atoms with van der Waals surface area (Å²) in [7, 11) is 0. The molecule has 5 rings (SSSR count). The third-order valence-electron chi connectivity index (χ3n) is 6.37. The lowest BCUT2D eigenvalue weighted by Crippen LogP contribution is -2.53. The molecule has 0 aliphatic heterocycles. The van der Waals surface area contributed by atoms with Gasteiger partial charge in [0.15, 0.2) is 6.61 Å². The van der Waals surface area contributed by atoms with Crippen LogP contribution in [0.15, 0.2) is 18.2 Å². The van der Waals surface area contributed by atoms with Crippen LogP contribution in [0.5, 0.6) is 5.75 Å². The lowest BCUT2D eigenvalue weighted by atomic mass is 9.76. The third kappa shape index (κ3) is 5.84. The molecule has 4 fully saturated rings. The molecule has 178 valence electrons. The first kappa shape index (κ1) is 23.5. The highest BCUT2D eigenvalue weighted by Gasteiger charge is 2.56. The van der Waals surface area contributed by atoms with E-state index >= 15 is 0 Å². The Kier molecular flexibility index (Phi) is 6.86. The van der Waals surface area contributed by atoms with Gasteiger partial charge in [-0.1, -0.05) is 11.6 Å². The molecule has 1 aromatic rings. The van der Waals surface area contributed by atoms with Gasteiger partial charge in [0.05, 0.1) is 23.8 Å². The molecular formula is C21H25ClF4N2O4. The van der Waals surface area contributed by atoms with Crippen molar-refractivity contribution in [3.8, 4) is 5.75 Å². The van der Waals surface area contributed by atoms with Gasteiger partial charge in [0, 0.05) is 37.0 Å². The van der Waals surface area contributed by atoms with Gasteiger partial charge >= 0.3 is 6.36 Å². The highest BCUT2D eigenvalue weighted by Crippen LogP contribution is 2.51. The SMILES string of the molecule is O=C(COc1ccc(Cl)c(F)c1)NC12CC(C1)C(NCCOC1CC(OC(F)(F)F)C1)C2. The number of hydrogen-bond donors (Lipinski definition) is 2. The third-order valence-corrected chi connectivity index (χ3v) is 6.67. The predicted molar refractivity (Wildman–Crippen MR) is 107 cm³/mol. The summed E-state index contributed by atoms with van der Waals surface area (Å²) >= 11 is 5.63. The summed E-state index contributed by atoms with van der Waals surface area (Å²) in [6.07, 6.45) is -2.52. The first-order valence-corrected chi connectivity index (χ1v) is 11.0. The Morgan fingerprint density at radius 1 is 1.19 bits per heavy atom. The Balaban J connectivity index is 1.09. The van der Waals surface area contributed by atoms with E-state index in [9.17, 15) is 22.4 Å². The topological polar surface area (TPSA) is 68.8 Å². The first-order chi connectivity index (χ1) is 15.1. The smallest absolute Gasteiger partial charge is 0.484 e. The number of fused-ring (bicyclic) bond motifs is 1. The van der Waals surface area contributed by atoms with Crippen molar-refractivity contribution in [1.82, 2.24) is 10.6 Å². The molecule has 0 saturated heterocycles. The maximum absolute atomic E-state index is 13.4. The standard InChI is InChI=1S/C21H25ClF4N2O4/c22-16-2-1-13(7-17(16)23)31-11-19(29)28-20-8-12(9-20)18(10-20)27-3-4-30-14-5-15(6-14)32-21(24,25)26/h1-2,7,12,14-15,18,27H,3-6,8-11H2,(H,28,29). The van der Waals surface area contributed by atoms with Crippen molar-refractivity contribution >= 4 is 17.5 Å². The monoisotopic (exact) mass is 480 g/mol. The lowest BCUT2D eigenvalue weighted by Gasteiger charge is -2.39. The van der Waals surface area contributed by atoms with Crippen LogP contribution in [-0.4, -0.2) is 55.8 Å². The Morgan fingerprint density at radius 3 is 2.62 bits per heavy atom. The van der Waals surface area contributed by atoms with Crippen molar-refractivity contribution in [1.29, 1.82) is 0 Å². The van der Waals surface area contributed by atoms with E-state index in [1.165, 1.54) is 12.1 Å². The Bertz CT molecular complexity index is 829. The minimum atomic E-state index is -4.59. The summed E-state index contributed by atoms with van der Waals surface area (Å²) in [6.45, 7) is 0.801. The molecule has 11 heteroatoms. The molecule has 0 heterocycles. The summed E-state index contributed by atoms with van der Waals surface area (Å²) in [5, 5.41) is 6.45. The molecule has 0 aromatic heterocycles. The van der Waals surface area contributed by atoms with Crippen LogP contribution in [0, 0.1) is 11.7 Å². The number of hydrogen-bond acceptors (Lipinski definition) is 5. The van der Waals surface area contributed by atoms with E-state index in [0.717, 1.165) is 25.3 Å². The summed E-state index contributed by atoms with van der Waals surface area (Å²) < 4.78 is 64.6. The maximum atomic E-state index is 13.4. The van der Waals surface area contributed by atoms with Crippen LogP contribution in [0.1, 0.15) is 32.1 Å². The fourth-order valence-electron chi connectivity index (χ4n) is 4.83. The average Bonchev–Trinajstić information content (AvgIpc) is 3.16. The number of alkyl halides is 3. The Morgan fingerprint density at radius 2 is 1.94 bits per heavy atom. The predicted octanol–water partition coefficient (Wildman–Crippen LogP) is 3.57. The van der Waals surface area contributed by atoms with E-state index in [4.69, 9.17) is 21.1 Å². The second kappa shape index (κ2) is 9.32. The number of amides is 1. The molecule has 1 aromatic carbocycles. The van der Waals surface area contributed by atoms with Crippen molar-refractivity contribution < 1.29 is 36.6 Å². The van der Waals surface area contributed by atoms with Crippen molar-refractivity contribution in [2.75, 3.05) is 19.8 Å². The summed E-state index contributed by atoms with van der Waals surface area (Å²) in [6, 6.07) is 4.27. The molecule has 1 unspecified atom stereocenters. The molecule has 1 amide bonds. The number of halogens is 5. The number of nitrogens with one attached hydrogen (secondary N) is 2. The molecule has 4 aliphatic rings. The van der Waals surface area contributed by atoms with E-state index in [2.05, 4.69) is 15.4 Å². The van der Waals surface area contributed by atoms with Crippen LogP contribution in [0.3, 0.4) is 0 Å². The van der Waals surface area contributed by atoms with Crippen molar-refractivity contribution in [2.24, 2.45) is 5.92 Å². The zero-order valence-electron chi connectivity index (χ0n) is 17.2. The molecule has 6 nitrogen and oxygen atoms in total. The molecule has 2 N–H and O–H groups in total. The average molecular weight is 481 g/mol. The highest BCUT2D eigenvalue weighted by atomic mass is 35.5. The van der Waals surface area contributed by atoms with Crippen LogP contribution in [-0.2, 0) is 14.3 Å². The summed E-state index contributed by atoms with van der Waals surface area (Å²) in [5.41, 5.74) is -0.245. The second-order valence-electron chi connectivity index (χ2n) is 8.78. The van der Waals surface area contributed by atoms with E-state index in [-0.39, 0.29) is 53.8 Å². The van der Waals surface area contributed by atoms with Gasteiger partial charge in [0.1, 0.15) is 11.6 Å². The first-order valence-electron chi connectivity index (χ1n) is 10.6. The summed E-state index contributed by atoms with van der Waals surface area (Å²) in [4.78, 5) is 12.3. The largest absolute Gasteiger partial charge is 0.522 e. The number of ether oxygens (including phenoxy) is 3. The van der Waals surface area contributed by atoms with Gasteiger partial charge < -0.3 is 20.1 Å². The Hall–Kier alpha value is -1.62. The molecule has 0 spiro atoms. The van der Waals surface area contributed by atoms with Gasteiger partial charge in [-0.05, 0) is 37.3 Å². The van der Waals surface area contributed by atoms with E-state index in [1.807, 2.05) is 0 Å². The second-order valence-corrected chi connectivity index (χ2v) is 9.18. The van der Waals surface area contributed by atoms with Gasteiger partial charge in [-0.3, -0.25) is 9.53 Å². The molecule has 4 saturated carbocycles. The fourth-order valence-corrected chi connectivity index (χ4v) is 4.95. The van der Waals surface area contributed by atoms with Gasteiger partial charge in [0.25, 0.3) is 5.91 Å². The zero-order chi connectivity index (χ0) is 22.9. The van der Waals surface area contributed by atoms with Crippen LogP contribution in [0.4, 0.5) is 17.6 Å². The van der Waals surface area contributed by atoms with E-state index in [0.29, 0.717) is 19.1 Å². The number of carbonyl (C=O) groups excluding carboxylic acids is 1. The minimum absolute atomic E-state index is 0.0107. The van der Waals surface area contributed by atoms with Crippen molar-refractivity contribution in [3.63, 3.8) is 0 Å². The quantitative estimate of drug-likeness (QED) is 0.396. The zero-order valence-corrected chi connectivity index (χ0v) is 18.0. The normalized spacial score (nSPS) is 31.0. The lowest BCUT2D eigenvalue weighted by molar-refractivity contribution is -0.357. The van der Waals surface area contributed by atoms with Crippen molar-refractivity contribution in [3.05, 3.63) is 29.0 Å². The molecule has 0 radical (unpaired) electrons. The molecule has 1 atom stereocenters. The molecule has 4 aliphatic carbocycles. The highest BCUT2D eigenvalue weighted by molar-refractivity contribution is 6.30. The van der Waals surface area contributed by atoms with Crippen LogP contribution in [0.25, 0.3) is 0 Å². The van der Waals surface area contributed by atoms with Gasteiger partial charge in [0.2, 0.25) is 0 Å². The Labute approximate surface area is 187 Å². The van der Waals surface area contributed by atoms with Gasteiger partial charge in [-0.2, -0.15) is 0 Å².